The number of fused-ring (bicyclic) bond motifs is 1. The average molecular weight is 378 g/mol. The first-order chi connectivity index (χ1) is 13.9. The summed E-state index contributed by atoms with van der Waals surface area (Å²) in [5.74, 6) is 1.31. The number of nitrogens with one attached hydrogen (secondary N) is 2. The summed E-state index contributed by atoms with van der Waals surface area (Å²) in [5, 5.41) is 12.2. The molecule has 3 aromatic rings. The van der Waals surface area contributed by atoms with Gasteiger partial charge in [-0.1, -0.05) is 19.3 Å². The van der Waals surface area contributed by atoms with Gasteiger partial charge in [-0.15, -0.1) is 0 Å². The molecule has 0 bridgehead atoms. The number of hydrogen-bond acceptors (Lipinski definition) is 7. The Morgan fingerprint density at radius 3 is 2.61 bits per heavy atom. The Kier molecular flexibility index (Phi) is 4.78. The molecule has 1 aliphatic heterocycles. The Morgan fingerprint density at radius 1 is 0.964 bits per heavy atom. The van der Waals surface area contributed by atoms with Crippen molar-refractivity contribution in [3.63, 3.8) is 0 Å². The van der Waals surface area contributed by atoms with E-state index in [4.69, 9.17) is 4.98 Å². The van der Waals surface area contributed by atoms with Crippen LogP contribution in [-0.4, -0.2) is 50.9 Å². The van der Waals surface area contributed by atoms with E-state index in [1.807, 2.05) is 24.7 Å². The predicted octanol–water partition coefficient (Wildman–Crippen LogP) is 2.88. The summed E-state index contributed by atoms with van der Waals surface area (Å²) in [4.78, 5) is 16.1. The lowest BCUT2D eigenvalue weighted by Gasteiger charge is -2.29. The van der Waals surface area contributed by atoms with Crippen molar-refractivity contribution >= 4 is 28.5 Å². The molecule has 146 valence electrons. The van der Waals surface area contributed by atoms with Crippen molar-refractivity contribution in [1.82, 2.24) is 30.0 Å². The molecule has 1 aliphatic carbocycles. The summed E-state index contributed by atoms with van der Waals surface area (Å²) in [5.41, 5.74) is 2.06. The van der Waals surface area contributed by atoms with Crippen LogP contribution < -0.4 is 15.5 Å². The summed E-state index contributed by atoms with van der Waals surface area (Å²) in [6.07, 6.45) is 11.8. The van der Waals surface area contributed by atoms with Crippen LogP contribution in [0.4, 0.5) is 17.5 Å². The van der Waals surface area contributed by atoms with Crippen LogP contribution in [0.2, 0.25) is 0 Å². The fourth-order valence-electron chi connectivity index (χ4n) is 4.17. The van der Waals surface area contributed by atoms with Gasteiger partial charge >= 0.3 is 0 Å². The maximum Gasteiger partial charge on any atom is 0.230 e. The molecular formula is C20H26N8. The van der Waals surface area contributed by atoms with E-state index >= 15 is 0 Å². The largest absolute Gasteiger partial charge is 0.368 e. The summed E-state index contributed by atoms with van der Waals surface area (Å²) >= 11 is 0. The average Bonchev–Trinajstić information content (AvgIpc) is 3.19. The first kappa shape index (κ1) is 17.4. The minimum Gasteiger partial charge on any atom is -0.368 e. The molecule has 1 saturated carbocycles. The van der Waals surface area contributed by atoms with E-state index in [1.54, 1.807) is 0 Å². The molecule has 0 unspecified atom stereocenters. The topological polar surface area (TPSA) is 83.8 Å². The van der Waals surface area contributed by atoms with Gasteiger partial charge in [0.1, 0.15) is 5.82 Å². The molecule has 3 aromatic heterocycles. The SMILES string of the molecule is c1cc(Nc2ncc3cnn(C4CCCCC4)c3n2)ncc1N1CCNCC1. The van der Waals surface area contributed by atoms with E-state index in [1.165, 1.54) is 32.1 Å². The molecule has 2 aliphatic rings. The quantitative estimate of drug-likeness (QED) is 0.722. The van der Waals surface area contributed by atoms with Crippen molar-refractivity contribution in [2.75, 3.05) is 36.4 Å². The zero-order valence-electron chi connectivity index (χ0n) is 16.0. The van der Waals surface area contributed by atoms with E-state index in [2.05, 4.69) is 41.3 Å². The summed E-state index contributed by atoms with van der Waals surface area (Å²) in [7, 11) is 0. The molecule has 0 aromatic carbocycles. The highest BCUT2D eigenvalue weighted by Crippen LogP contribution is 2.30. The van der Waals surface area contributed by atoms with Crippen LogP contribution in [-0.2, 0) is 0 Å². The lowest BCUT2D eigenvalue weighted by atomic mass is 9.96. The fraction of sp³-hybridized carbons (Fsp3) is 0.500. The molecule has 0 spiro atoms. The molecule has 8 heteroatoms. The molecule has 5 rings (SSSR count). The smallest absolute Gasteiger partial charge is 0.230 e. The van der Waals surface area contributed by atoms with Gasteiger partial charge in [0.05, 0.1) is 29.5 Å². The Bertz CT molecular complexity index is 923. The summed E-state index contributed by atoms with van der Waals surface area (Å²) < 4.78 is 2.09. The standard InChI is InChI=1S/C20H26N8/c1-2-4-16(5-3-1)28-19-15(13-24-28)12-23-20(26-19)25-18-7-6-17(14-22-18)27-10-8-21-9-11-27/h6-7,12-14,16,21H,1-5,8-11H2,(H,22,23,25,26). The molecule has 0 atom stereocenters. The Balaban J connectivity index is 1.34. The molecule has 0 radical (unpaired) electrons. The van der Waals surface area contributed by atoms with Crippen molar-refractivity contribution in [2.45, 2.75) is 38.1 Å². The van der Waals surface area contributed by atoms with E-state index < -0.39 is 0 Å². The lowest BCUT2D eigenvalue weighted by molar-refractivity contribution is 0.336. The zero-order valence-corrected chi connectivity index (χ0v) is 16.0. The van der Waals surface area contributed by atoms with Crippen LogP contribution in [0.15, 0.2) is 30.7 Å². The van der Waals surface area contributed by atoms with Crippen LogP contribution in [0, 0.1) is 0 Å². The maximum absolute atomic E-state index is 4.74. The fourth-order valence-corrected chi connectivity index (χ4v) is 4.17. The van der Waals surface area contributed by atoms with Crippen molar-refractivity contribution in [2.24, 2.45) is 0 Å². The number of aromatic nitrogens is 5. The van der Waals surface area contributed by atoms with Gasteiger partial charge in [0.15, 0.2) is 5.65 Å². The Hall–Kier alpha value is -2.74. The number of hydrogen-bond donors (Lipinski definition) is 2. The molecule has 8 nitrogen and oxygen atoms in total. The number of pyridine rings is 1. The normalized spacial score (nSPS) is 18.5. The predicted molar refractivity (Wildman–Crippen MR) is 110 cm³/mol. The van der Waals surface area contributed by atoms with Gasteiger partial charge < -0.3 is 15.5 Å². The van der Waals surface area contributed by atoms with E-state index in [0.717, 1.165) is 48.7 Å². The third-order valence-corrected chi connectivity index (χ3v) is 5.72. The summed E-state index contributed by atoms with van der Waals surface area (Å²) in [6.45, 7) is 4.06. The van der Waals surface area contributed by atoms with Gasteiger partial charge in [0.2, 0.25) is 5.95 Å². The number of anilines is 3. The second-order valence-electron chi connectivity index (χ2n) is 7.62. The van der Waals surface area contributed by atoms with Crippen LogP contribution in [0.3, 0.4) is 0 Å². The number of rotatable bonds is 4. The third kappa shape index (κ3) is 3.52. The highest BCUT2D eigenvalue weighted by atomic mass is 15.3. The Labute approximate surface area is 164 Å². The van der Waals surface area contributed by atoms with E-state index in [0.29, 0.717) is 12.0 Å². The molecular weight excluding hydrogens is 352 g/mol. The highest BCUT2D eigenvalue weighted by molar-refractivity contribution is 5.75. The van der Waals surface area contributed by atoms with Crippen molar-refractivity contribution in [1.29, 1.82) is 0 Å². The molecule has 28 heavy (non-hydrogen) atoms. The molecule has 1 saturated heterocycles. The first-order valence-electron chi connectivity index (χ1n) is 10.3. The zero-order chi connectivity index (χ0) is 18.8. The van der Waals surface area contributed by atoms with E-state index in [9.17, 15) is 0 Å². The summed E-state index contributed by atoms with van der Waals surface area (Å²) in [6, 6.07) is 4.54. The molecule has 4 heterocycles. The second-order valence-corrected chi connectivity index (χ2v) is 7.62. The highest BCUT2D eigenvalue weighted by Gasteiger charge is 2.19. The van der Waals surface area contributed by atoms with Gasteiger partial charge in [-0.2, -0.15) is 10.1 Å². The molecule has 2 N–H and O–H groups in total. The van der Waals surface area contributed by atoms with Gasteiger partial charge in [-0.3, -0.25) is 0 Å². The second kappa shape index (κ2) is 7.71. The van der Waals surface area contributed by atoms with Gasteiger partial charge in [0.25, 0.3) is 0 Å². The minimum atomic E-state index is 0.449. The number of piperazine rings is 1. The lowest BCUT2D eigenvalue weighted by Crippen LogP contribution is -2.43. The van der Waals surface area contributed by atoms with Crippen LogP contribution in [0.1, 0.15) is 38.1 Å². The van der Waals surface area contributed by atoms with Crippen LogP contribution >= 0.6 is 0 Å². The first-order valence-corrected chi connectivity index (χ1v) is 10.3. The molecule has 2 fully saturated rings. The van der Waals surface area contributed by atoms with E-state index in [-0.39, 0.29) is 0 Å². The van der Waals surface area contributed by atoms with Crippen molar-refractivity contribution in [3.8, 4) is 0 Å². The minimum absolute atomic E-state index is 0.449. The van der Waals surface area contributed by atoms with Gasteiger partial charge in [0, 0.05) is 32.4 Å². The maximum atomic E-state index is 4.74. The van der Waals surface area contributed by atoms with Crippen molar-refractivity contribution in [3.05, 3.63) is 30.7 Å². The Morgan fingerprint density at radius 2 is 1.82 bits per heavy atom. The van der Waals surface area contributed by atoms with Gasteiger partial charge in [-0.25, -0.2) is 14.6 Å². The van der Waals surface area contributed by atoms with Crippen LogP contribution in [0.25, 0.3) is 11.0 Å². The van der Waals surface area contributed by atoms with Crippen molar-refractivity contribution < 1.29 is 0 Å². The third-order valence-electron chi connectivity index (χ3n) is 5.72. The van der Waals surface area contributed by atoms with Crippen LogP contribution in [0.5, 0.6) is 0 Å². The van der Waals surface area contributed by atoms with Gasteiger partial charge in [-0.05, 0) is 25.0 Å². The number of nitrogens with zero attached hydrogens (tertiary/aromatic N) is 6. The molecule has 0 amide bonds. The monoisotopic (exact) mass is 378 g/mol.